The van der Waals surface area contributed by atoms with Gasteiger partial charge in [0.1, 0.15) is 0 Å². The van der Waals surface area contributed by atoms with Gasteiger partial charge in [-0.05, 0) is 37.1 Å². The summed E-state index contributed by atoms with van der Waals surface area (Å²) in [6.45, 7) is 9.88. The Morgan fingerprint density at radius 2 is 1.74 bits per heavy atom. The van der Waals surface area contributed by atoms with Crippen molar-refractivity contribution in [1.29, 1.82) is 0 Å². The molecule has 0 unspecified atom stereocenters. The molecule has 0 saturated carbocycles. The summed E-state index contributed by atoms with van der Waals surface area (Å²) in [6, 6.07) is 7.24. The number of nitrogens with zero attached hydrogens (tertiary/aromatic N) is 1. The smallest absolute Gasteiger partial charge is 0.253 e. The maximum Gasteiger partial charge on any atom is 0.253 e. The molecule has 0 aromatic heterocycles. The van der Waals surface area contributed by atoms with E-state index in [4.69, 9.17) is 0 Å². The number of carbonyl (C=O) groups is 2. The second-order valence-electron chi connectivity index (χ2n) is 5.32. The fourth-order valence-corrected chi connectivity index (χ4v) is 2.20. The average molecular weight is 317 g/mol. The molecule has 0 aliphatic rings. The SMILES string of the molecule is C=CCNC(=O)CNc1ccc(C(=O)N(CCC)CCC)cc1. The van der Waals surface area contributed by atoms with Crippen LogP contribution in [0.15, 0.2) is 36.9 Å². The maximum absolute atomic E-state index is 12.5. The van der Waals surface area contributed by atoms with Gasteiger partial charge in [-0.2, -0.15) is 0 Å². The van der Waals surface area contributed by atoms with Crippen molar-refractivity contribution in [3.8, 4) is 0 Å². The van der Waals surface area contributed by atoms with Crippen molar-refractivity contribution >= 4 is 17.5 Å². The molecule has 0 heterocycles. The lowest BCUT2D eigenvalue weighted by Gasteiger charge is -2.21. The number of rotatable bonds is 10. The summed E-state index contributed by atoms with van der Waals surface area (Å²) in [5, 5.41) is 5.72. The first-order chi connectivity index (χ1) is 11.1. The van der Waals surface area contributed by atoms with E-state index in [2.05, 4.69) is 31.1 Å². The molecule has 0 saturated heterocycles. The minimum absolute atomic E-state index is 0.0592. The molecule has 0 spiro atoms. The summed E-state index contributed by atoms with van der Waals surface area (Å²) in [5.74, 6) is -0.0360. The van der Waals surface area contributed by atoms with Crippen molar-refractivity contribution in [1.82, 2.24) is 10.2 Å². The Labute approximate surface area is 138 Å². The second kappa shape index (κ2) is 10.4. The zero-order valence-electron chi connectivity index (χ0n) is 14.1. The van der Waals surface area contributed by atoms with E-state index in [1.54, 1.807) is 18.2 Å². The summed E-state index contributed by atoms with van der Waals surface area (Å²) in [7, 11) is 0. The number of anilines is 1. The van der Waals surface area contributed by atoms with E-state index in [0.717, 1.165) is 31.6 Å². The molecule has 0 radical (unpaired) electrons. The Kier molecular flexibility index (Phi) is 8.50. The van der Waals surface area contributed by atoms with E-state index in [-0.39, 0.29) is 18.4 Å². The van der Waals surface area contributed by atoms with Crippen molar-refractivity contribution in [2.24, 2.45) is 0 Å². The predicted octanol–water partition coefficient (Wildman–Crippen LogP) is 2.66. The van der Waals surface area contributed by atoms with E-state index in [1.165, 1.54) is 0 Å². The van der Waals surface area contributed by atoms with E-state index < -0.39 is 0 Å². The quantitative estimate of drug-likeness (QED) is 0.652. The third-order valence-electron chi connectivity index (χ3n) is 3.30. The van der Waals surface area contributed by atoms with E-state index in [0.29, 0.717) is 12.1 Å². The minimum atomic E-state index is -0.0953. The summed E-state index contributed by atoms with van der Waals surface area (Å²) in [6.07, 6.45) is 3.53. The van der Waals surface area contributed by atoms with Gasteiger partial charge in [0.15, 0.2) is 0 Å². The van der Waals surface area contributed by atoms with Gasteiger partial charge in [0.25, 0.3) is 5.91 Å². The van der Waals surface area contributed by atoms with Crippen molar-refractivity contribution < 1.29 is 9.59 Å². The molecular weight excluding hydrogens is 290 g/mol. The fraction of sp³-hybridized carbons (Fsp3) is 0.444. The first-order valence-electron chi connectivity index (χ1n) is 8.13. The summed E-state index contributed by atoms with van der Waals surface area (Å²) >= 11 is 0. The first-order valence-corrected chi connectivity index (χ1v) is 8.13. The van der Waals surface area contributed by atoms with Crippen LogP contribution in [0.4, 0.5) is 5.69 Å². The van der Waals surface area contributed by atoms with Crippen LogP contribution in [-0.4, -0.2) is 42.9 Å². The Morgan fingerprint density at radius 1 is 1.13 bits per heavy atom. The van der Waals surface area contributed by atoms with Gasteiger partial charge in [0.2, 0.25) is 5.91 Å². The molecule has 126 valence electrons. The van der Waals surface area contributed by atoms with Crippen LogP contribution < -0.4 is 10.6 Å². The van der Waals surface area contributed by atoms with Crippen LogP contribution in [0.3, 0.4) is 0 Å². The van der Waals surface area contributed by atoms with Crippen molar-refractivity contribution in [3.63, 3.8) is 0 Å². The van der Waals surface area contributed by atoms with Gasteiger partial charge in [-0.3, -0.25) is 9.59 Å². The highest BCUT2D eigenvalue weighted by atomic mass is 16.2. The van der Waals surface area contributed by atoms with Crippen LogP contribution in [0.25, 0.3) is 0 Å². The summed E-state index contributed by atoms with van der Waals surface area (Å²) < 4.78 is 0. The fourth-order valence-electron chi connectivity index (χ4n) is 2.20. The van der Waals surface area contributed by atoms with Crippen LogP contribution in [-0.2, 0) is 4.79 Å². The maximum atomic E-state index is 12.5. The van der Waals surface area contributed by atoms with Crippen LogP contribution in [0.1, 0.15) is 37.0 Å². The third-order valence-corrected chi connectivity index (χ3v) is 3.30. The summed E-state index contributed by atoms with van der Waals surface area (Å²) in [4.78, 5) is 25.8. The van der Waals surface area contributed by atoms with Crippen LogP contribution in [0.2, 0.25) is 0 Å². The largest absolute Gasteiger partial charge is 0.376 e. The van der Waals surface area contributed by atoms with Crippen molar-refractivity contribution in [3.05, 3.63) is 42.5 Å². The number of benzene rings is 1. The zero-order chi connectivity index (χ0) is 17.1. The van der Waals surface area contributed by atoms with Crippen molar-refractivity contribution in [2.45, 2.75) is 26.7 Å². The Morgan fingerprint density at radius 3 is 2.26 bits per heavy atom. The molecule has 23 heavy (non-hydrogen) atoms. The topological polar surface area (TPSA) is 61.4 Å². The van der Waals surface area contributed by atoms with Crippen LogP contribution in [0.5, 0.6) is 0 Å². The molecular formula is C18H27N3O2. The van der Waals surface area contributed by atoms with Gasteiger partial charge in [-0.15, -0.1) is 6.58 Å². The number of carbonyl (C=O) groups excluding carboxylic acids is 2. The lowest BCUT2D eigenvalue weighted by molar-refractivity contribution is -0.119. The van der Waals surface area contributed by atoms with Gasteiger partial charge >= 0.3 is 0 Å². The molecule has 5 heteroatoms. The molecule has 1 aromatic carbocycles. The molecule has 2 amide bonds. The standard InChI is InChI=1S/C18H27N3O2/c1-4-11-19-17(22)14-20-16-9-7-15(8-10-16)18(23)21(12-5-2)13-6-3/h4,7-10,20H,1,5-6,11-14H2,2-3H3,(H,19,22). The van der Waals surface area contributed by atoms with Crippen LogP contribution >= 0.6 is 0 Å². The first kappa shape index (κ1) is 18.7. The van der Waals surface area contributed by atoms with Crippen molar-refractivity contribution in [2.75, 3.05) is 31.5 Å². The Hall–Kier alpha value is -2.30. The van der Waals surface area contributed by atoms with E-state index >= 15 is 0 Å². The minimum Gasteiger partial charge on any atom is -0.376 e. The lowest BCUT2D eigenvalue weighted by Crippen LogP contribution is -2.32. The van der Waals surface area contributed by atoms with Gasteiger partial charge in [-0.25, -0.2) is 0 Å². The van der Waals surface area contributed by atoms with E-state index in [1.807, 2.05) is 17.0 Å². The highest BCUT2D eigenvalue weighted by molar-refractivity contribution is 5.94. The number of hydrogen-bond donors (Lipinski definition) is 2. The molecule has 1 aromatic rings. The predicted molar refractivity (Wildman–Crippen MR) is 94.6 cm³/mol. The number of nitrogens with one attached hydrogen (secondary N) is 2. The lowest BCUT2D eigenvalue weighted by atomic mass is 10.1. The summed E-state index contributed by atoms with van der Waals surface area (Å²) in [5.41, 5.74) is 1.49. The van der Waals surface area contributed by atoms with Gasteiger partial charge in [0, 0.05) is 30.9 Å². The number of hydrogen-bond acceptors (Lipinski definition) is 3. The normalized spacial score (nSPS) is 10.0. The average Bonchev–Trinajstić information content (AvgIpc) is 2.57. The number of amides is 2. The molecule has 0 aliphatic heterocycles. The second-order valence-corrected chi connectivity index (χ2v) is 5.32. The molecule has 0 atom stereocenters. The molecule has 5 nitrogen and oxygen atoms in total. The zero-order valence-corrected chi connectivity index (χ0v) is 14.1. The van der Waals surface area contributed by atoms with E-state index in [9.17, 15) is 9.59 Å². The van der Waals surface area contributed by atoms with Gasteiger partial charge in [-0.1, -0.05) is 19.9 Å². The molecule has 0 fully saturated rings. The van der Waals surface area contributed by atoms with Crippen LogP contribution in [0, 0.1) is 0 Å². The highest BCUT2D eigenvalue weighted by Gasteiger charge is 2.13. The Balaban J connectivity index is 2.59. The molecule has 2 N–H and O–H groups in total. The molecule has 1 rings (SSSR count). The monoisotopic (exact) mass is 317 g/mol. The van der Waals surface area contributed by atoms with Gasteiger partial charge in [0.05, 0.1) is 6.54 Å². The third kappa shape index (κ3) is 6.55. The molecule has 0 bridgehead atoms. The molecule has 0 aliphatic carbocycles. The highest BCUT2D eigenvalue weighted by Crippen LogP contribution is 2.12. The van der Waals surface area contributed by atoms with Gasteiger partial charge < -0.3 is 15.5 Å². The Bertz CT molecular complexity index is 506.